The van der Waals surface area contributed by atoms with Crippen LogP contribution in [0.4, 0.5) is 5.00 Å². The first kappa shape index (κ1) is 14.0. The molecule has 7 heteroatoms. The number of rotatable bonds is 2. The number of halogens is 1. The molecule has 3 rings (SSSR count). The molecule has 0 fully saturated rings. The number of nitriles is 1. The minimum Gasteiger partial charge on any atom is -0.312 e. The highest BCUT2D eigenvalue weighted by Crippen LogP contribution is 2.35. The van der Waals surface area contributed by atoms with Gasteiger partial charge in [-0.3, -0.25) is 9.78 Å². The van der Waals surface area contributed by atoms with Crippen molar-refractivity contribution in [1.82, 2.24) is 10.3 Å². The van der Waals surface area contributed by atoms with Gasteiger partial charge in [0.15, 0.2) is 0 Å². The van der Waals surface area contributed by atoms with Crippen molar-refractivity contribution in [2.24, 2.45) is 0 Å². The van der Waals surface area contributed by atoms with Gasteiger partial charge in [0.05, 0.1) is 16.1 Å². The van der Waals surface area contributed by atoms with Gasteiger partial charge in [-0.2, -0.15) is 5.26 Å². The molecular formula is C14H11ClN4OS. The van der Waals surface area contributed by atoms with Crippen molar-refractivity contribution >= 4 is 33.8 Å². The molecular weight excluding hydrogens is 308 g/mol. The number of hydrogen-bond acceptors (Lipinski definition) is 5. The summed E-state index contributed by atoms with van der Waals surface area (Å²) in [5.41, 5.74) is 1.89. The summed E-state index contributed by atoms with van der Waals surface area (Å²) in [6.45, 7) is 1.58. The Balaban J connectivity index is 1.92. The summed E-state index contributed by atoms with van der Waals surface area (Å²) >= 11 is 7.42. The number of pyridine rings is 1. The van der Waals surface area contributed by atoms with Gasteiger partial charge in [-0.05, 0) is 24.6 Å². The molecule has 2 aromatic rings. The van der Waals surface area contributed by atoms with Gasteiger partial charge in [-0.1, -0.05) is 11.6 Å². The highest BCUT2D eigenvalue weighted by molar-refractivity contribution is 7.16. The van der Waals surface area contributed by atoms with E-state index in [4.69, 9.17) is 11.6 Å². The van der Waals surface area contributed by atoms with Crippen molar-refractivity contribution in [3.05, 3.63) is 45.1 Å². The van der Waals surface area contributed by atoms with E-state index in [1.54, 1.807) is 6.07 Å². The number of nitrogens with zero attached hydrogens (tertiary/aromatic N) is 2. The standard InChI is InChI=1S/C14H11ClN4OS/c15-11-2-4-17-6-10(11)13(20)19-14-9(5-16)8-1-3-18-7-12(8)21-14/h2,4,6,18H,1,3,7H2,(H,19,20). The molecule has 106 valence electrons. The summed E-state index contributed by atoms with van der Waals surface area (Å²) in [6.07, 6.45) is 3.74. The maximum atomic E-state index is 12.3. The Morgan fingerprint density at radius 2 is 2.43 bits per heavy atom. The topological polar surface area (TPSA) is 77.8 Å². The molecule has 0 aliphatic carbocycles. The third-order valence-electron chi connectivity index (χ3n) is 3.28. The lowest BCUT2D eigenvalue weighted by Gasteiger charge is -2.11. The van der Waals surface area contributed by atoms with Crippen LogP contribution in [-0.4, -0.2) is 17.4 Å². The average Bonchev–Trinajstić information content (AvgIpc) is 2.84. The van der Waals surface area contributed by atoms with Gasteiger partial charge in [0, 0.05) is 23.8 Å². The number of thiophene rings is 1. The van der Waals surface area contributed by atoms with Crippen molar-refractivity contribution in [3.8, 4) is 6.07 Å². The third-order valence-corrected chi connectivity index (χ3v) is 4.76. The number of nitrogens with one attached hydrogen (secondary N) is 2. The Morgan fingerprint density at radius 1 is 1.57 bits per heavy atom. The van der Waals surface area contributed by atoms with E-state index in [-0.39, 0.29) is 5.91 Å². The first-order chi connectivity index (χ1) is 10.2. The molecule has 0 unspecified atom stereocenters. The van der Waals surface area contributed by atoms with Crippen molar-refractivity contribution < 1.29 is 4.79 Å². The van der Waals surface area contributed by atoms with Crippen LogP contribution in [0.3, 0.4) is 0 Å². The molecule has 3 heterocycles. The lowest BCUT2D eigenvalue weighted by molar-refractivity contribution is 0.102. The molecule has 0 saturated carbocycles. The van der Waals surface area contributed by atoms with Gasteiger partial charge in [-0.25, -0.2) is 0 Å². The molecule has 2 aromatic heterocycles. The monoisotopic (exact) mass is 318 g/mol. The van der Waals surface area contributed by atoms with Crippen LogP contribution in [0.2, 0.25) is 5.02 Å². The summed E-state index contributed by atoms with van der Waals surface area (Å²) in [7, 11) is 0. The lowest BCUT2D eigenvalue weighted by Crippen LogP contribution is -2.22. The fourth-order valence-electron chi connectivity index (χ4n) is 2.26. The first-order valence-corrected chi connectivity index (χ1v) is 7.56. The number of hydrogen-bond donors (Lipinski definition) is 2. The molecule has 1 amide bonds. The zero-order chi connectivity index (χ0) is 14.8. The highest BCUT2D eigenvalue weighted by Gasteiger charge is 2.22. The van der Waals surface area contributed by atoms with Gasteiger partial charge in [-0.15, -0.1) is 11.3 Å². The second-order valence-electron chi connectivity index (χ2n) is 4.56. The van der Waals surface area contributed by atoms with Crippen molar-refractivity contribution in [2.75, 3.05) is 11.9 Å². The third kappa shape index (κ3) is 2.63. The van der Waals surface area contributed by atoms with E-state index in [1.165, 1.54) is 23.7 Å². The minimum absolute atomic E-state index is 0.299. The predicted molar refractivity (Wildman–Crippen MR) is 81.6 cm³/mol. The molecule has 0 radical (unpaired) electrons. The lowest BCUT2D eigenvalue weighted by atomic mass is 10.1. The smallest absolute Gasteiger partial charge is 0.259 e. The highest BCUT2D eigenvalue weighted by atomic mass is 35.5. The Hall–Kier alpha value is -1.94. The maximum absolute atomic E-state index is 12.3. The van der Waals surface area contributed by atoms with Gasteiger partial charge < -0.3 is 10.6 Å². The molecule has 1 aliphatic rings. The Bertz CT molecular complexity index is 750. The van der Waals surface area contributed by atoms with E-state index >= 15 is 0 Å². The van der Waals surface area contributed by atoms with E-state index in [0.29, 0.717) is 21.2 Å². The SMILES string of the molecule is N#Cc1c(NC(=O)c2cnccc2Cl)sc2c1CCNC2. The number of fused-ring (bicyclic) bond motifs is 1. The summed E-state index contributed by atoms with van der Waals surface area (Å²) < 4.78 is 0. The largest absolute Gasteiger partial charge is 0.312 e. The molecule has 0 saturated heterocycles. The Kier molecular flexibility index (Phi) is 3.88. The first-order valence-electron chi connectivity index (χ1n) is 6.37. The zero-order valence-corrected chi connectivity index (χ0v) is 12.5. The van der Waals surface area contributed by atoms with Gasteiger partial charge in [0.1, 0.15) is 11.1 Å². The summed E-state index contributed by atoms with van der Waals surface area (Å²) in [6, 6.07) is 3.76. The number of carbonyl (C=O) groups is 1. The molecule has 0 bridgehead atoms. The summed E-state index contributed by atoms with van der Waals surface area (Å²) in [5.74, 6) is -0.351. The van der Waals surface area contributed by atoms with E-state index in [2.05, 4.69) is 21.7 Å². The zero-order valence-electron chi connectivity index (χ0n) is 10.9. The second kappa shape index (κ2) is 5.82. The van der Waals surface area contributed by atoms with Crippen LogP contribution < -0.4 is 10.6 Å². The van der Waals surface area contributed by atoms with E-state index in [1.807, 2.05) is 0 Å². The van der Waals surface area contributed by atoms with Crippen LogP contribution in [0.15, 0.2) is 18.5 Å². The quantitative estimate of drug-likeness (QED) is 0.892. The van der Waals surface area contributed by atoms with Crippen molar-refractivity contribution in [3.63, 3.8) is 0 Å². The van der Waals surface area contributed by atoms with Gasteiger partial charge in [0.25, 0.3) is 5.91 Å². The molecule has 5 nitrogen and oxygen atoms in total. The summed E-state index contributed by atoms with van der Waals surface area (Å²) in [5, 5.41) is 16.3. The average molecular weight is 319 g/mol. The van der Waals surface area contributed by atoms with Crippen LogP contribution in [0.5, 0.6) is 0 Å². The van der Waals surface area contributed by atoms with Gasteiger partial charge >= 0.3 is 0 Å². The molecule has 0 atom stereocenters. The van der Waals surface area contributed by atoms with Crippen LogP contribution in [-0.2, 0) is 13.0 Å². The van der Waals surface area contributed by atoms with Crippen LogP contribution in [0.25, 0.3) is 0 Å². The Morgan fingerprint density at radius 3 is 3.19 bits per heavy atom. The number of amides is 1. The number of anilines is 1. The van der Waals surface area contributed by atoms with Gasteiger partial charge in [0.2, 0.25) is 0 Å². The maximum Gasteiger partial charge on any atom is 0.259 e. The number of carbonyl (C=O) groups excluding carboxylic acids is 1. The predicted octanol–water partition coefficient (Wildman–Crippen LogP) is 2.57. The van der Waals surface area contributed by atoms with Crippen molar-refractivity contribution in [2.45, 2.75) is 13.0 Å². The molecule has 1 aliphatic heterocycles. The molecule has 0 aromatic carbocycles. The van der Waals surface area contributed by atoms with E-state index in [9.17, 15) is 10.1 Å². The van der Waals surface area contributed by atoms with Crippen molar-refractivity contribution in [1.29, 1.82) is 5.26 Å². The summed E-state index contributed by atoms with van der Waals surface area (Å²) in [4.78, 5) is 17.3. The van der Waals surface area contributed by atoms with Crippen LogP contribution >= 0.6 is 22.9 Å². The molecule has 2 N–H and O–H groups in total. The van der Waals surface area contributed by atoms with Crippen LogP contribution in [0, 0.1) is 11.3 Å². The normalized spacial score (nSPS) is 13.3. The molecule has 0 spiro atoms. The van der Waals surface area contributed by atoms with E-state index < -0.39 is 0 Å². The number of aromatic nitrogens is 1. The fourth-order valence-corrected chi connectivity index (χ4v) is 3.61. The van der Waals surface area contributed by atoms with E-state index in [0.717, 1.165) is 30.0 Å². The Labute approximate surface area is 130 Å². The molecule has 21 heavy (non-hydrogen) atoms. The second-order valence-corrected chi connectivity index (χ2v) is 6.07. The fraction of sp³-hybridized carbons (Fsp3) is 0.214. The van der Waals surface area contributed by atoms with Crippen LogP contribution in [0.1, 0.15) is 26.4 Å². The minimum atomic E-state index is -0.351.